The largest absolute Gasteiger partial charge is 0.307 e. The summed E-state index contributed by atoms with van der Waals surface area (Å²) in [5.74, 6) is -0.606. The number of hydrogen-bond acceptors (Lipinski definition) is 6. The summed E-state index contributed by atoms with van der Waals surface area (Å²) < 4.78 is 0. The van der Waals surface area contributed by atoms with Crippen molar-refractivity contribution in [1.82, 2.24) is 15.1 Å². The molecule has 2 aromatic rings. The number of aromatic nitrogens is 2. The number of rotatable bonds is 6. The highest BCUT2D eigenvalue weighted by molar-refractivity contribution is 7.15. The molecule has 158 valence electrons. The average molecular weight is 428 g/mol. The molecule has 8 nitrogen and oxygen atoms in total. The maximum absolute atomic E-state index is 13.7. The minimum atomic E-state index is -1.39. The Morgan fingerprint density at radius 2 is 2.03 bits per heavy atom. The van der Waals surface area contributed by atoms with Crippen molar-refractivity contribution in [2.75, 3.05) is 16.8 Å². The molecule has 2 aliphatic rings. The van der Waals surface area contributed by atoms with E-state index in [0.29, 0.717) is 22.9 Å². The molecule has 3 amide bonds. The molecule has 30 heavy (non-hydrogen) atoms. The van der Waals surface area contributed by atoms with Gasteiger partial charge in [0.1, 0.15) is 5.01 Å². The second-order valence-electron chi connectivity index (χ2n) is 7.93. The fraction of sp³-hybridized carbons (Fsp3) is 0.476. The highest BCUT2D eigenvalue weighted by Gasteiger charge is 2.60. The van der Waals surface area contributed by atoms with Gasteiger partial charge in [0.25, 0.3) is 11.8 Å². The molecule has 0 bridgehead atoms. The Labute approximate surface area is 179 Å². The van der Waals surface area contributed by atoms with Gasteiger partial charge in [0, 0.05) is 25.3 Å². The van der Waals surface area contributed by atoms with E-state index in [-0.39, 0.29) is 30.6 Å². The molecule has 3 heterocycles. The molecule has 1 aromatic carbocycles. The first kappa shape index (κ1) is 20.5. The van der Waals surface area contributed by atoms with Crippen LogP contribution >= 0.6 is 11.3 Å². The van der Waals surface area contributed by atoms with E-state index in [0.717, 1.165) is 17.8 Å². The van der Waals surface area contributed by atoms with Gasteiger partial charge in [-0.1, -0.05) is 50.7 Å². The van der Waals surface area contributed by atoms with Gasteiger partial charge in [0.2, 0.25) is 16.7 Å². The quantitative estimate of drug-likeness (QED) is 0.762. The van der Waals surface area contributed by atoms with Gasteiger partial charge in [-0.3, -0.25) is 24.6 Å². The smallest absolute Gasteiger partial charge is 0.273 e. The number of amides is 3. The summed E-state index contributed by atoms with van der Waals surface area (Å²) in [5, 5.41) is 12.2. The van der Waals surface area contributed by atoms with Gasteiger partial charge >= 0.3 is 0 Å². The van der Waals surface area contributed by atoms with Crippen LogP contribution < -0.4 is 10.2 Å². The van der Waals surface area contributed by atoms with E-state index in [4.69, 9.17) is 0 Å². The lowest BCUT2D eigenvalue weighted by Crippen LogP contribution is -2.69. The van der Waals surface area contributed by atoms with E-state index in [1.54, 1.807) is 29.2 Å². The van der Waals surface area contributed by atoms with Crippen LogP contribution in [0.3, 0.4) is 0 Å². The molecule has 1 atom stereocenters. The van der Waals surface area contributed by atoms with E-state index < -0.39 is 11.6 Å². The molecule has 1 fully saturated rings. The zero-order chi connectivity index (χ0) is 21.5. The molecule has 0 saturated carbocycles. The second kappa shape index (κ2) is 7.79. The number of fused-ring (bicyclic) bond motifs is 3. The van der Waals surface area contributed by atoms with E-state index in [1.165, 1.54) is 16.2 Å². The number of para-hydroxylation sites is 1. The first-order valence-electron chi connectivity index (χ1n) is 10.3. The summed E-state index contributed by atoms with van der Waals surface area (Å²) in [4.78, 5) is 43.1. The number of anilines is 2. The van der Waals surface area contributed by atoms with Gasteiger partial charge in [-0.05, 0) is 18.6 Å². The number of benzene rings is 1. The maximum atomic E-state index is 13.7. The molecule has 0 radical (unpaired) electrons. The van der Waals surface area contributed by atoms with Crippen LogP contribution in [0.15, 0.2) is 24.3 Å². The number of hydrogen-bond donors (Lipinski definition) is 1. The van der Waals surface area contributed by atoms with Crippen LogP contribution in [0.25, 0.3) is 0 Å². The van der Waals surface area contributed by atoms with Crippen LogP contribution in [0.5, 0.6) is 0 Å². The van der Waals surface area contributed by atoms with E-state index in [9.17, 15) is 14.4 Å². The van der Waals surface area contributed by atoms with Crippen LogP contribution in [0, 0.1) is 0 Å². The lowest BCUT2D eigenvalue weighted by molar-refractivity contribution is -0.129. The number of carbonyl (C=O) groups is 3. The molecule has 1 N–H and O–H groups in total. The van der Waals surface area contributed by atoms with Gasteiger partial charge in [-0.2, -0.15) is 0 Å². The van der Waals surface area contributed by atoms with E-state index in [1.807, 2.05) is 20.8 Å². The standard InChI is InChI=1S/C21H25N5O3S/c1-4-5-12-25-18(28)14-8-6-7-9-15(14)26-16(27)10-11-21(25,26)19(29)22-20-24-23-17(30-20)13(2)3/h6-9,13H,4-5,10-12H2,1-3H3,(H,22,24,29)/t21-/m0/s1. The minimum Gasteiger partial charge on any atom is -0.307 e. The summed E-state index contributed by atoms with van der Waals surface area (Å²) in [5.41, 5.74) is -0.445. The third kappa shape index (κ3) is 3.08. The van der Waals surface area contributed by atoms with Crippen LogP contribution in [0.1, 0.15) is 67.7 Å². The van der Waals surface area contributed by atoms with Gasteiger partial charge < -0.3 is 4.90 Å². The summed E-state index contributed by atoms with van der Waals surface area (Å²) >= 11 is 1.31. The Bertz CT molecular complexity index is 1000. The third-order valence-corrected chi connectivity index (χ3v) is 6.77. The Balaban J connectivity index is 1.78. The Morgan fingerprint density at radius 3 is 2.73 bits per heavy atom. The summed E-state index contributed by atoms with van der Waals surface area (Å²) in [7, 11) is 0. The van der Waals surface area contributed by atoms with E-state index >= 15 is 0 Å². The molecule has 2 aliphatic heterocycles. The normalized spacial score (nSPS) is 20.5. The number of carbonyl (C=O) groups excluding carboxylic acids is 3. The topological polar surface area (TPSA) is 95.5 Å². The molecule has 0 unspecified atom stereocenters. The molecule has 1 aromatic heterocycles. The lowest BCUT2D eigenvalue weighted by atomic mass is 9.95. The number of nitrogens with zero attached hydrogens (tertiary/aromatic N) is 4. The molecule has 9 heteroatoms. The molecular weight excluding hydrogens is 402 g/mol. The molecule has 4 rings (SSSR count). The zero-order valence-corrected chi connectivity index (χ0v) is 18.2. The van der Waals surface area contributed by atoms with Crippen molar-refractivity contribution in [3.63, 3.8) is 0 Å². The number of unbranched alkanes of at least 4 members (excludes halogenated alkanes) is 1. The van der Waals surface area contributed by atoms with Crippen molar-refractivity contribution in [1.29, 1.82) is 0 Å². The van der Waals surface area contributed by atoms with Crippen LogP contribution in [-0.2, 0) is 9.59 Å². The summed E-state index contributed by atoms with van der Waals surface area (Å²) in [6, 6.07) is 7.00. The van der Waals surface area contributed by atoms with Gasteiger partial charge in [-0.15, -0.1) is 10.2 Å². The Morgan fingerprint density at radius 1 is 1.27 bits per heavy atom. The van der Waals surface area contributed by atoms with Crippen LogP contribution in [0.2, 0.25) is 0 Å². The monoisotopic (exact) mass is 427 g/mol. The highest BCUT2D eigenvalue weighted by atomic mass is 32.1. The first-order valence-corrected chi connectivity index (χ1v) is 11.1. The van der Waals surface area contributed by atoms with Gasteiger partial charge in [0.05, 0.1) is 11.3 Å². The number of nitrogens with one attached hydrogen (secondary N) is 1. The van der Waals surface area contributed by atoms with Crippen molar-refractivity contribution in [3.05, 3.63) is 34.8 Å². The second-order valence-corrected chi connectivity index (χ2v) is 8.94. The van der Waals surface area contributed by atoms with Gasteiger partial charge in [-0.25, -0.2) is 0 Å². The van der Waals surface area contributed by atoms with Crippen molar-refractivity contribution >= 4 is 39.9 Å². The summed E-state index contributed by atoms with van der Waals surface area (Å²) in [6.07, 6.45) is 2.05. The van der Waals surface area contributed by atoms with Gasteiger partial charge in [0.15, 0.2) is 0 Å². The minimum absolute atomic E-state index is 0.160. The van der Waals surface area contributed by atoms with Crippen LogP contribution in [-0.4, -0.2) is 45.0 Å². The van der Waals surface area contributed by atoms with Crippen LogP contribution in [0.4, 0.5) is 10.8 Å². The molecule has 0 spiro atoms. The third-order valence-electron chi connectivity index (χ3n) is 5.63. The molecular formula is C21H25N5O3S. The predicted molar refractivity (Wildman–Crippen MR) is 114 cm³/mol. The maximum Gasteiger partial charge on any atom is 0.273 e. The van der Waals surface area contributed by atoms with Crippen molar-refractivity contribution in [2.45, 2.75) is 58.0 Å². The predicted octanol–water partition coefficient (Wildman–Crippen LogP) is 3.38. The van der Waals surface area contributed by atoms with E-state index in [2.05, 4.69) is 15.5 Å². The SMILES string of the molecule is CCCCN1C(=O)c2ccccc2N2C(=O)CC[C@]12C(=O)Nc1nnc(C(C)C)s1. The fourth-order valence-electron chi connectivity index (χ4n) is 4.12. The zero-order valence-electron chi connectivity index (χ0n) is 17.3. The Hall–Kier alpha value is -2.81. The van der Waals surface area contributed by atoms with Crippen molar-refractivity contribution in [2.24, 2.45) is 0 Å². The first-order chi connectivity index (χ1) is 14.4. The average Bonchev–Trinajstić information content (AvgIpc) is 3.33. The summed E-state index contributed by atoms with van der Waals surface area (Å²) in [6.45, 7) is 6.44. The van der Waals surface area contributed by atoms with Crippen molar-refractivity contribution in [3.8, 4) is 0 Å². The Kier molecular flexibility index (Phi) is 5.31. The molecule has 0 aliphatic carbocycles. The van der Waals surface area contributed by atoms with Crippen molar-refractivity contribution < 1.29 is 14.4 Å². The lowest BCUT2D eigenvalue weighted by Gasteiger charge is -2.49. The molecule has 1 saturated heterocycles. The highest BCUT2D eigenvalue weighted by Crippen LogP contribution is 2.45. The fourth-order valence-corrected chi connectivity index (χ4v) is 4.86.